The molecule has 5 aromatic carbocycles. The zero-order valence-corrected chi connectivity index (χ0v) is 25.2. The molecular weight excluding hydrogens is 625 g/mol. The first-order chi connectivity index (χ1) is 21.3. The van der Waals surface area contributed by atoms with Gasteiger partial charge in [0.25, 0.3) is 0 Å². The van der Waals surface area contributed by atoms with E-state index in [2.05, 4.69) is 96.7 Å². The standard InChI is InChI=1S/C22H16F3NO.C15H12BrN/c23-22(24,25)27-19-11-9-17(10-12-19)20-8-4-7-18-13-14-26(21(18)20)15-16-5-2-1-3-6-16;16-14-8-4-7-13-9-10-17(15(13)14)11-12-5-2-1-3-6-12/h1-14H,15H2;1-10H,11H2. The zero-order chi connectivity index (χ0) is 30.5. The van der Waals surface area contributed by atoms with Crippen LogP contribution in [-0.2, 0) is 13.1 Å². The van der Waals surface area contributed by atoms with Gasteiger partial charge in [0, 0.05) is 46.3 Å². The van der Waals surface area contributed by atoms with E-state index in [0.29, 0.717) is 0 Å². The van der Waals surface area contributed by atoms with Gasteiger partial charge in [0.05, 0.1) is 11.0 Å². The van der Waals surface area contributed by atoms with Crippen LogP contribution >= 0.6 is 15.9 Å². The Morgan fingerprint density at radius 1 is 0.545 bits per heavy atom. The maximum atomic E-state index is 12.4. The van der Waals surface area contributed by atoms with Gasteiger partial charge in [0.2, 0.25) is 0 Å². The molecule has 44 heavy (non-hydrogen) atoms. The van der Waals surface area contributed by atoms with Gasteiger partial charge in [-0.2, -0.15) is 0 Å². The van der Waals surface area contributed by atoms with Gasteiger partial charge < -0.3 is 13.9 Å². The minimum Gasteiger partial charge on any atom is -0.406 e. The Balaban J connectivity index is 0.000000173. The van der Waals surface area contributed by atoms with Crippen molar-refractivity contribution in [2.45, 2.75) is 19.5 Å². The number of fused-ring (bicyclic) bond motifs is 2. The van der Waals surface area contributed by atoms with Crippen molar-refractivity contribution in [3.63, 3.8) is 0 Å². The number of alkyl halides is 3. The van der Waals surface area contributed by atoms with Gasteiger partial charge >= 0.3 is 6.36 Å². The number of ether oxygens (including phenoxy) is 1. The van der Waals surface area contributed by atoms with Crippen LogP contribution in [0, 0.1) is 0 Å². The Kier molecular flexibility index (Phi) is 8.57. The molecule has 7 aromatic rings. The summed E-state index contributed by atoms with van der Waals surface area (Å²) in [4.78, 5) is 0. The molecule has 0 saturated heterocycles. The van der Waals surface area contributed by atoms with Crippen molar-refractivity contribution in [1.29, 1.82) is 0 Å². The monoisotopic (exact) mass is 652 g/mol. The lowest BCUT2D eigenvalue weighted by atomic mass is 10.0. The lowest BCUT2D eigenvalue weighted by molar-refractivity contribution is -0.274. The predicted octanol–water partition coefficient (Wildman–Crippen LogP) is 10.7. The number of rotatable bonds is 6. The SMILES string of the molecule is Brc1cccc2ccn(Cc3ccccc3)c12.FC(F)(F)Oc1ccc(-c2cccc3ccn(Cc4ccccc4)c23)cc1. The number of para-hydroxylation sites is 2. The molecule has 0 fully saturated rings. The van der Waals surface area contributed by atoms with E-state index in [-0.39, 0.29) is 5.75 Å². The molecule has 0 saturated carbocycles. The lowest BCUT2D eigenvalue weighted by Gasteiger charge is -2.12. The van der Waals surface area contributed by atoms with Gasteiger partial charge in [-0.25, -0.2) is 0 Å². The molecule has 0 spiro atoms. The smallest absolute Gasteiger partial charge is 0.406 e. The minimum absolute atomic E-state index is 0.224. The average Bonchev–Trinajstić information content (AvgIpc) is 3.63. The van der Waals surface area contributed by atoms with E-state index in [0.717, 1.165) is 39.6 Å². The first kappa shape index (κ1) is 29.3. The second-order valence-electron chi connectivity index (χ2n) is 10.4. The average molecular weight is 654 g/mol. The number of hydrogen-bond acceptors (Lipinski definition) is 1. The van der Waals surface area contributed by atoms with Crippen LogP contribution in [0.4, 0.5) is 13.2 Å². The van der Waals surface area contributed by atoms with Crippen molar-refractivity contribution in [1.82, 2.24) is 9.13 Å². The molecule has 3 nitrogen and oxygen atoms in total. The molecule has 2 aromatic heterocycles. The van der Waals surface area contributed by atoms with Crippen molar-refractivity contribution in [2.24, 2.45) is 0 Å². The molecule has 0 unspecified atom stereocenters. The molecule has 0 N–H and O–H groups in total. The molecule has 0 aliphatic carbocycles. The van der Waals surface area contributed by atoms with E-state index in [1.807, 2.05) is 54.7 Å². The van der Waals surface area contributed by atoms with Crippen LogP contribution in [0.2, 0.25) is 0 Å². The van der Waals surface area contributed by atoms with Crippen molar-refractivity contribution in [3.8, 4) is 16.9 Å². The zero-order valence-electron chi connectivity index (χ0n) is 23.6. The molecule has 7 rings (SSSR count). The third-order valence-corrected chi connectivity index (χ3v) is 7.96. The molecule has 7 heteroatoms. The summed E-state index contributed by atoms with van der Waals surface area (Å²) in [6.45, 7) is 1.63. The van der Waals surface area contributed by atoms with E-state index in [1.165, 1.54) is 34.2 Å². The molecule has 0 aliphatic heterocycles. The number of halogens is 4. The highest BCUT2D eigenvalue weighted by Crippen LogP contribution is 2.32. The summed E-state index contributed by atoms with van der Waals surface area (Å²) in [6.07, 6.45) is -0.517. The first-order valence-corrected chi connectivity index (χ1v) is 14.9. The second kappa shape index (κ2) is 12.9. The van der Waals surface area contributed by atoms with Crippen molar-refractivity contribution in [2.75, 3.05) is 0 Å². The first-order valence-electron chi connectivity index (χ1n) is 14.1. The summed E-state index contributed by atoms with van der Waals surface area (Å²) in [5.41, 5.74) is 6.61. The molecule has 2 heterocycles. The van der Waals surface area contributed by atoms with E-state index >= 15 is 0 Å². The van der Waals surface area contributed by atoms with Crippen molar-refractivity contribution >= 4 is 37.7 Å². The molecule has 0 atom stereocenters. The summed E-state index contributed by atoms with van der Waals surface area (Å²) < 4.78 is 46.6. The highest BCUT2D eigenvalue weighted by atomic mass is 79.9. The quantitative estimate of drug-likeness (QED) is 0.175. The fraction of sp³-hybridized carbons (Fsp3) is 0.0811. The summed E-state index contributed by atoms with van der Waals surface area (Å²) in [5, 5.41) is 2.36. The van der Waals surface area contributed by atoms with E-state index < -0.39 is 6.36 Å². The highest BCUT2D eigenvalue weighted by molar-refractivity contribution is 9.10. The van der Waals surface area contributed by atoms with E-state index in [9.17, 15) is 13.2 Å². The third-order valence-electron chi connectivity index (χ3n) is 7.32. The second-order valence-corrected chi connectivity index (χ2v) is 11.2. The van der Waals surface area contributed by atoms with Crippen LogP contribution in [-0.4, -0.2) is 15.5 Å². The Labute approximate surface area is 261 Å². The minimum atomic E-state index is -4.69. The van der Waals surface area contributed by atoms with Crippen LogP contribution in [0.5, 0.6) is 5.75 Å². The van der Waals surface area contributed by atoms with Gasteiger partial charge in [-0.3, -0.25) is 0 Å². The molecular formula is C37H28BrF3N2O. The van der Waals surface area contributed by atoms with E-state index in [1.54, 1.807) is 12.1 Å². The predicted molar refractivity (Wildman–Crippen MR) is 175 cm³/mol. The van der Waals surface area contributed by atoms with Crippen LogP contribution < -0.4 is 4.74 Å². The van der Waals surface area contributed by atoms with E-state index in [4.69, 9.17) is 0 Å². The molecule has 0 aliphatic rings. The molecule has 220 valence electrons. The normalized spacial score (nSPS) is 11.4. The lowest BCUT2D eigenvalue weighted by Crippen LogP contribution is -2.16. The van der Waals surface area contributed by atoms with Gasteiger partial charge in [-0.1, -0.05) is 103 Å². The molecule has 0 bridgehead atoms. The van der Waals surface area contributed by atoms with Gasteiger partial charge in [0.1, 0.15) is 5.75 Å². The van der Waals surface area contributed by atoms with Crippen LogP contribution in [0.1, 0.15) is 11.1 Å². The fourth-order valence-electron chi connectivity index (χ4n) is 5.37. The number of aromatic nitrogens is 2. The van der Waals surface area contributed by atoms with Gasteiger partial charge in [-0.05, 0) is 63.0 Å². The van der Waals surface area contributed by atoms with Gasteiger partial charge in [0.15, 0.2) is 0 Å². The maximum Gasteiger partial charge on any atom is 0.573 e. The molecule has 0 amide bonds. The number of benzene rings is 5. The topological polar surface area (TPSA) is 19.1 Å². The van der Waals surface area contributed by atoms with Crippen molar-refractivity contribution in [3.05, 3.63) is 161 Å². The largest absolute Gasteiger partial charge is 0.573 e. The Morgan fingerprint density at radius 2 is 1.07 bits per heavy atom. The summed E-state index contributed by atoms with van der Waals surface area (Å²) in [5.74, 6) is -0.224. The number of hydrogen-bond donors (Lipinski definition) is 0. The highest BCUT2D eigenvalue weighted by Gasteiger charge is 2.31. The van der Waals surface area contributed by atoms with Crippen LogP contribution in [0.3, 0.4) is 0 Å². The van der Waals surface area contributed by atoms with Crippen molar-refractivity contribution < 1.29 is 17.9 Å². The van der Waals surface area contributed by atoms with Crippen LogP contribution in [0.25, 0.3) is 32.9 Å². The number of nitrogens with zero attached hydrogens (tertiary/aromatic N) is 2. The Hall–Kier alpha value is -4.75. The molecule has 0 radical (unpaired) electrons. The Morgan fingerprint density at radius 3 is 1.64 bits per heavy atom. The summed E-state index contributed by atoms with van der Waals surface area (Å²) in [7, 11) is 0. The van der Waals surface area contributed by atoms with Gasteiger partial charge in [-0.15, -0.1) is 13.2 Å². The maximum absolute atomic E-state index is 12.4. The summed E-state index contributed by atoms with van der Waals surface area (Å²) >= 11 is 3.62. The fourth-order valence-corrected chi connectivity index (χ4v) is 5.98. The Bertz CT molecular complexity index is 1980. The third kappa shape index (κ3) is 6.90. The van der Waals surface area contributed by atoms with Crippen LogP contribution in [0.15, 0.2) is 150 Å². The summed E-state index contributed by atoms with van der Waals surface area (Å²) in [6, 6.07) is 43.1.